The fraction of sp³-hybridized carbons (Fsp3) is 0.0952. The predicted octanol–water partition coefficient (Wildman–Crippen LogP) is 3.81. The zero-order chi connectivity index (χ0) is 18.5. The molecule has 3 rings (SSSR count). The van der Waals surface area contributed by atoms with Crippen LogP contribution in [0.4, 0.5) is 4.39 Å². The minimum Gasteiger partial charge on any atom is -0.337 e. The van der Waals surface area contributed by atoms with Gasteiger partial charge in [0.15, 0.2) is 11.6 Å². The summed E-state index contributed by atoms with van der Waals surface area (Å²) in [6, 6.07) is 14.4. The average molecular weight is 348 g/mol. The quantitative estimate of drug-likeness (QED) is 0.387. The van der Waals surface area contributed by atoms with Gasteiger partial charge < -0.3 is 4.57 Å². The van der Waals surface area contributed by atoms with Crippen molar-refractivity contribution in [2.24, 2.45) is 7.05 Å². The number of hydrogen-bond donors (Lipinski definition) is 0. The van der Waals surface area contributed by atoms with E-state index in [1.807, 2.05) is 6.07 Å². The van der Waals surface area contributed by atoms with Crippen molar-refractivity contribution in [3.05, 3.63) is 95.8 Å². The molecule has 0 saturated heterocycles. The van der Waals surface area contributed by atoms with Crippen LogP contribution in [0.15, 0.2) is 73.1 Å². The molecular weight excluding hydrogens is 331 g/mol. The molecule has 1 heterocycles. The highest BCUT2D eigenvalue weighted by Gasteiger charge is 2.30. The summed E-state index contributed by atoms with van der Waals surface area (Å²) in [6.07, 6.45) is 6.15. The van der Waals surface area contributed by atoms with Crippen LogP contribution < -0.4 is 0 Å². The van der Waals surface area contributed by atoms with Gasteiger partial charge in [0.2, 0.25) is 0 Å². The number of nitrogens with zero attached hydrogens (tertiary/aromatic N) is 2. The summed E-state index contributed by atoms with van der Waals surface area (Å²) in [5, 5.41) is 0. The van der Waals surface area contributed by atoms with Gasteiger partial charge in [0.05, 0.1) is 0 Å². The van der Waals surface area contributed by atoms with Gasteiger partial charge in [-0.3, -0.25) is 9.59 Å². The van der Waals surface area contributed by atoms with Crippen molar-refractivity contribution in [2.45, 2.75) is 5.92 Å². The van der Waals surface area contributed by atoms with Crippen molar-refractivity contribution in [1.82, 2.24) is 9.55 Å². The summed E-state index contributed by atoms with van der Waals surface area (Å²) in [5.41, 5.74) is 1.12. The lowest BCUT2D eigenvalue weighted by atomic mass is 9.92. The number of Topliss-reactive ketones (excluding diaryl/α,β-unsaturated/α-hetero) is 1. The van der Waals surface area contributed by atoms with E-state index in [2.05, 4.69) is 4.98 Å². The number of carbonyl (C=O) groups is 2. The van der Waals surface area contributed by atoms with Crippen LogP contribution in [0.2, 0.25) is 0 Å². The third-order valence-electron chi connectivity index (χ3n) is 4.03. The Hall–Kier alpha value is -3.34. The highest BCUT2D eigenvalue weighted by molar-refractivity contribution is 6.18. The van der Waals surface area contributed by atoms with E-state index in [0.29, 0.717) is 17.0 Å². The first kappa shape index (κ1) is 17.5. The van der Waals surface area contributed by atoms with Gasteiger partial charge >= 0.3 is 0 Å². The predicted molar refractivity (Wildman–Crippen MR) is 97.2 cm³/mol. The van der Waals surface area contributed by atoms with Gasteiger partial charge in [-0.2, -0.15) is 0 Å². The Morgan fingerprint density at radius 2 is 1.77 bits per heavy atom. The van der Waals surface area contributed by atoms with Crippen molar-refractivity contribution < 1.29 is 14.0 Å². The molecule has 2 aromatic carbocycles. The lowest BCUT2D eigenvalue weighted by molar-refractivity contribution is -0.115. The zero-order valence-electron chi connectivity index (χ0n) is 14.2. The second kappa shape index (κ2) is 7.70. The second-order valence-corrected chi connectivity index (χ2v) is 5.85. The van der Waals surface area contributed by atoms with Crippen LogP contribution in [-0.2, 0) is 11.8 Å². The molecular formula is C21H17FN2O2. The molecule has 0 saturated carbocycles. The number of allylic oxidation sites excluding steroid dienone is 1. The fourth-order valence-electron chi connectivity index (χ4n) is 2.65. The van der Waals surface area contributed by atoms with E-state index in [9.17, 15) is 14.0 Å². The van der Waals surface area contributed by atoms with Crippen molar-refractivity contribution in [1.29, 1.82) is 0 Å². The number of ketones is 2. The standard InChI is InChI=1S/C21H17FN2O2/c1-24-14-13-23-21(24)19(20(26)16-5-3-2-4-6-16)18(25)12-9-15-7-10-17(22)11-8-15/h2-14,19H,1H3/b12-9-/t19-/m1/s1. The van der Waals surface area contributed by atoms with E-state index in [0.717, 1.165) is 0 Å². The van der Waals surface area contributed by atoms with Gasteiger partial charge in [-0.25, -0.2) is 9.37 Å². The Balaban J connectivity index is 1.93. The highest BCUT2D eigenvalue weighted by Crippen LogP contribution is 2.22. The second-order valence-electron chi connectivity index (χ2n) is 5.85. The first-order valence-electron chi connectivity index (χ1n) is 8.10. The third-order valence-corrected chi connectivity index (χ3v) is 4.03. The number of imidazole rings is 1. The van der Waals surface area contributed by atoms with Gasteiger partial charge in [0.25, 0.3) is 0 Å². The molecule has 0 unspecified atom stereocenters. The molecule has 0 amide bonds. The Bertz CT molecular complexity index is 944. The lowest BCUT2D eigenvalue weighted by Gasteiger charge is -2.13. The Labute approximate surface area is 150 Å². The molecule has 0 aliphatic rings. The summed E-state index contributed by atoms with van der Waals surface area (Å²) in [4.78, 5) is 29.9. The molecule has 0 fully saturated rings. The number of carbonyl (C=O) groups excluding carboxylic acids is 2. The molecule has 0 radical (unpaired) electrons. The Morgan fingerprint density at radius 1 is 1.08 bits per heavy atom. The summed E-state index contributed by atoms with van der Waals surface area (Å²) >= 11 is 0. The summed E-state index contributed by atoms with van der Waals surface area (Å²) in [6.45, 7) is 0. The fourth-order valence-corrected chi connectivity index (χ4v) is 2.65. The van der Waals surface area contributed by atoms with Crippen molar-refractivity contribution in [3.63, 3.8) is 0 Å². The molecule has 26 heavy (non-hydrogen) atoms. The summed E-state index contributed by atoms with van der Waals surface area (Å²) in [7, 11) is 1.74. The minimum absolute atomic E-state index is 0.311. The third kappa shape index (κ3) is 3.83. The molecule has 1 aromatic heterocycles. The molecule has 0 N–H and O–H groups in total. The van der Waals surface area contributed by atoms with E-state index < -0.39 is 5.92 Å². The van der Waals surface area contributed by atoms with Crippen LogP contribution in [0.25, 0.3) is 6.08 Å². The molecule has 130 valence electrons. The van der Waals surface area contributed by atoms with Crippen LogP contribution >= 0.6 is 0 Å². The molecule has 0 spiro atoms. The van der Waals surface area contributed by atoms with Crippen molar-refractivity contribution in [3.8, 4) is 0 Å². The van der Waals surface area contributed by atoms with Crippen LogP contribution in [-0.4, -0.2) is 21.1 Å². The Morgan fingerprint density at radius 3 is 2.38 bits per heavy atom. The summed E-state index contributed by atoms with van der Waals surface area (Å²) < 4.78 is 14.7. The van der Waals surface area contributed by atoms with Gasteiger partial charge in [0, 0.05) is 25.0 Å². The minimum atomic E-state index is -1.03. The molecule has 1 atom stereocenters. The van der Waals surface area contributed by atoms with Gasteiger partial charge in [-0.1, -0.05) is 48.5 Å². The maximum Gasteiger partial charge on any atom is 0.181 e. The van der Waals surface area contributed by atoms with Gasteiger partial charge in [-0.05, 0) is 23.8 Å². The van der Waals surface area contributed by atoms with E-state index in [1.165, 1.54) is 18.2 Å². The lowest BCUT2D eigenvalue weighted by Crippen LogP contribution is -2.24. The number of benzene rings is 2. The van der Waals surface area contributed by atoms with Crippen LogP contribution in [0.1, 0.15) is 27.7 Å². The van der Waals surface area contributed by atoms with Crippen LogP contribution in [0.5, 0.6) is 0 Å². The maximum atomic E-state index is 13.0. The first-order chi connectivity index (χ1) is 12.6. The number of halogens is 1. The van der Waals surface area contributed by atoms with Gasteiger partial charge in [-0.15, -0.1) is 0 Å². The average Bonchev–Trinajstić information content (AvgIpc) is 3.08. The molecule has 4 nitrogen and oxygen atoms in total. The number of aromatic nitrogens is 2. The first-order valence-corrected chi connectivity index (χ1v) is 8.10. The van der Waals surface area contributed by atoms with Crippen LogP contribution in [0.3, 0.4) is 0 Å². The van der Waals surface area contributed by atoms with E-state index in [4.69, 9.17) is 0 Å². The molecule has 0 aliphatic heterocycles. The van der Waals surface area contributed by atoms with E-state index in [1.54, 1.807) is 66.5 Å². The van der Waals surface area contributed by atoms with Crippen molar-refractivity contribution >= 4 is 17.6 Å². The van der Waals surface area contributed by atoms with E-state index >= 15 is 0 Å². The van der Waals surface area contributed by atoms with Crippen molar-refractivity contribution in [2.75, 3.05) is 0 Å². The molecule has 0 bridgehead atoms. The Kier molecular flexibility index (Phi) is 5.17. The maximum absolute atomic E-state index is 13.0. The SMILES string of the molecule is Cn1ccnc1[C@H](C(=O)/C=C\c1ccc(F)cc1)C(=O)c1ccccc1. The highest BCUT2D eigenvalue weighted by atomic mass is 19.1. The molecule has 3 aromatic rings. The topological polar surface area (TPSA) is 52.0 Å². The van der Waals surface area contributed by atoms with Crippen LogP contribution in [0, 0.1) is 5.82 Å². The smallest absolute Gasteiger partial charge is 0.181 e. The summed E-state index contributed by atoms with van der Waals surface area (Å²) in [5.74, 6) is -1.69. The zero-order valence-corrected chi connectivity index (χ0v) is 14.2. The number of hydrogen-bond acceptors (Lipinski definition) is 3. The number of rotatable bonds is 6. The van der Waals surface area contributed by atoms with E-state index in [-0.39, 0.29) is 17.4 Å². The number of aryl methyl sites for hydroxylation is 1. The largest absolute Gasteiger partial charge is 0.337 e. The normalized spacial score (nSPS) is 12.2. The molecule has 5 heteroatoms. The van der Waals surface area contributed by atoms with Gasteiger partial charge in [0.1, 0.15) is 17.6 Å². The molecule has 0 aliphatic carbocycles. The monoisotopic (exact) mass is 348 g/mol.